The van der Waals surface area contributed by atoms with Gasteiger partial charge >= 0.3 is 0 Å². The highest BCUT2D eigenvalue weighted by molar-refractivity contribution is 7.90. The number of hydrogen-bond acceptors (Lipinski definition) is 7. The first-order valence-corrected chi connectivity index (χ1v) is 22.9. The van der Waals surface area contributed by atoms with Crippen molar-refractivity contribution in [1.29, 1.82) is 0 Å². The summed E-state index contributed by atoms with van der Waals surface area (Å²) < 4.78 is 90.5. The molecule has 14 heteroatoms. The molecule has 0 saturated carbocycles. The SMILES string of the molecule is CCCCCCCCCCCCCCCCN(C)S(=O)(=O)c1cccc(S(=O)(=O)NN=c2cc(-c3ccccc3)n(C)c3ccc(S(=O)(=O)O)cc23)c1. The summed E-state index contributed by atoms with van der Waals surface area (Å²) in [6.45, 7) is 2.56. The summed E-state index contributed by atoms with van der Waals surface area (Å²) in [7, 11) is -9.64. The number of benzene rings is 3. The molecule has 0 aliphatic carbocycles. The van der Waals surface area contributed by atoms with Crippen molar-refractivity contribution in [2.75, 3.05) is 13.6 Å². The van der Waals surface area contributed by atoms with Crippen LogP contribution >= 0.6 is 0 Å². The van der Waals surface area contributed by atoms with Crippen LogP contribution in [0.1, 0.15) is 96.8 Å². The van der Waals surface area contributed by atoms with E-state index in [1.807, 2.05) is 30.3 Å². The van der Waals surface area contributed by atoms with Gasteiger partial charge in [-0.2, -0.15) is 26.8 Å². The maximum atomic E-state index is 13.5. The van der Waals surface area contributed by atoms with Gasteiger partial charge < -0.3 is 4.57 Å². The largest absolute Gasteiger partial charge is 0.344 e. The molecule has 0 amide bonds. The van der Waals surface area contributed by atoms with Crippen molar-refractivity contribution < 1.29 is 29.8 Å². The van der Waals surface area contributed by atoms with Crippen molar-refractivity contribution in [3.8, 4) is 11.3 Å². The van der Waals surface area contributed by atoms with Crippen molar-refractivity contribution >= 4 is 41.1 Å². The first-order chi connectivity index (χ1) is 25.3. The number of pyridine rings is 1. The van der Waals surface area contributed by atoms with Gasteiger partial charge in [-0.05, 0) is 54.4 Å². The van der Waals surface area contributed by atoms with Crippen LogP contribution in [0.25, 0.3) is 22.2 Å². The van der Waals surface area contributed by atoms with Crippen LogP contribution in [0.3, 0.4) is 0 Å². The van der Waals surface area contributed by atoms with Gasteiger partial charge in [-0.3, -0.25) is 4.55 Å². The van der Waals surface area contributed by atoms with Crippen LogP contribution in [0.2, 0.25) is 0 Å². The Kier molecular flexibility index (Phi) is 15.7. The van der Waals surface area contributed by atoms with Crippen LogP contribution in [-0.2, 0) is 37.2 Å². The van der Waals surface area contributed by atoms with Gasteiger partial charge in [0, 0.05) is 26.0 Å². The molecular formula is C39H54N4O7S3. The van der Waals surface area contributed by atoms with Crippen molar-refractivity contribution in [2.45, 2.75) is 112 Å². The van der Waals surface area contributed by atoms with Crippen LogP contribution in [0.15, 0.2) is 98.7 Å². The summed E-state index contributed by atoms with van der Waals surface area (Å²) >= 11 is 0. The average molecular weight is 787 g/mol. The average Bonchev–Trinajstić information content (AvgIpc) is 3.14. The lowest BCUT2D eigenvalue weighted by Crippen LogP contribution is -2.28. The normalized spacial score (nSPS) is 12.9. The molecule has 0 saturated heterocycles. The van der Waals surface area contributed by atoms with E-state index in [9.17, 15) is 29.8 Å². The quantitative estimate of drug-likeness (QED) is 0.0465. The molecule has 4 aromatic rings. The number of rotatable bonds is 22. The number of aromatic nitrogens is 1. The zero-order valence-electron chi connectivity index (χ0n) is 31.1. The van der Waals surface area contributed by atoms with Crippen molar-refractivity contribution in [2.24, 2.45) is 12.1 Å². The van der Waals surface area contributed by atoms with Gasteiger partial charge in [0.05, 0.1) is 31.3 Å². The molecule has 4 rings (SSSR count). The number of fused-ring (bicyclic) bond motifs is 1. The van der Waals surface area contributed by atoms with E-state index in [0.717, 1.165) is 30.9 Å². The van der Waals surface area contributed by atoms with E-state index >= 15 is 0 Å². The van der Waals surface area contributed by atoms with Crippen LogP contribution in [0.5, 0.6) is 0 Å². The lowest BCUT2D eigenvalue weighted by molar-refractivity contribution is 0.447. The van der Waals surface area contributed by atoms with Crippen LogP contribution in [0, 0.1) is 0 Å². The first kappa shape index (κ1) is 42.2. The standard InChI is InChI=1S/C39H54N4O7S3/c1-4-5-6-7-8-9-10-11-12-13-14-15-16-20-28-42(2)52(46,47)34-25-21-24-33(29-34)51(44,45)41-40-37-31-39(32-22-18-17-19-23-32)43(3)38-27-26-35(30-36(37)38)53(48,49)50/h17-19,21-27,29-31,41H,4-16,20,28H2,1-3H3,(H,48,49,50). The van der Waals surface area contributed by atoms with E-state index in [4.69, 9.17) is 0 Å². The van der Waals surface area contributed by atoms with E-state index in [0.29, 0.717) is 24.2 Å². The fourth-order valence-electron chi connectivity index (χ4n) is 6.38. The Balaban J connectivity index is 1.41. The molecule has 1 aromatic heterocycles. The maximum Gasteiger partial charge on any atom is 0.294 e. The van der Waals surface area contributed by atoms with Crippen LogP contribution in [-0.4, -0.2) is 52.3 Å². The number of nitrogens with one attached hydrogen (secondary N) is 1. The summed E-state index contributed by atoms with van der Waals surface area (Å²) in [5, 5.41) is 4.52. The maximum absolute atomic E-state index is 13.5. The Bertz CT molecular complexity index is 2200. The highest BCUT2D eigenvalue weighted by Crippen LogP contribution is 2.24. The number of sulfonamides is 2. The van der Waals surface area contributed by atoms with Gasteiger partial charge in [-0.15, -0.1) is 0 Å². The van der Waals surface area contributed by atoms with E-state index in [-0.39, 0.29) is 25.4 Å². The minimum Gasteiger partial charge on any atom is -0.344 e. The lowest BCUT2D eigenvalue weighted by atomic mass is 10.0. The zero-order valence-corrected chi connectivity index (χ0v) is 33.5. The molecular weight excluding hydrogens is 733 g/mol. The summed E-state index contributed by atoms with van der Waals surface area (Å²) in [5.74, 6) is 0. The fraction of sp³-hybridized carbons (Fsp3) is 0.462. The molecule has 290 valence electrons. The molecule has 1 heterocycles. The Morgan fingerprint density at radius 1 is 0.660 bits per heavy atom. The van der Waals surface area contributed by atoms with Gasteiger partial charge in [-0.25, -0.2) is 12.7 Å². The third-order valence-corrected chi connectivity index (χ3v) is 13.5. The number of aryl methyl sites for hydroxylation is 1. The van der Waals surface area contributed by atoms with Crippen molar-refractivity contribution in [3.05, 3.63) is 84.2 Å². The monoisotopic (exact) mass is 786 g/mol. The fourth-order valence-corrected chi connectivity index (χ4v) is 9.08. The highest BCUT2D eigenvalue weighted by Gasteiger charge is 2.23. The van der Waals surface area contributed by atoms with Gasteiger partial charge in [0.25, 0.3) is 20.1 Å². The summed E-state index contributed by atoms with van der Waals surface area (Å²) in [6, 6.07) is 20.0. The van der Waals surface area contributed by atoms with Gasteiger partial charge in [0.2, 0.25) is 10.0 Å². The van der Waals surface area contributed by atoms with Crippen molar-refractivity contribution in [1.82, 2.24) is 13.7 Å². The lowest BCUT2D eigenvalue weighted by Gasteiger charge is -2.17. The first-order valence-electron chi connectivity index (χ1n) is 18.5. The van der Waals surface area contributed by atoms with Crippen LogP contribution < -0.4 is 10.2 Å². The summed E-state index contributed by atoms with van der Waals surface area (Å²) in [4.78, 5) is 1.35. The molecule has 0 radical (unpaired) electrons. The van der Waals surface area contributed by atoms with Gasteiger partial charge in [-0.1, -0.05) is 127 Å². The molecule has 0 bridgehead atoms. The predicted octanol–water partition coefficient (Wildman–Crippen LogP) is 7.99. The number of nitrogens with zero attached hydrogens (tertiary/aromatic N) is 3. The predicted molar refractivity (Wildman–Crippen MR) is 211 cm³/mol. The topological polar surface area (TPSA) is 155 Å². The van der Waals surface area contributed by atoms with Crippen LogP contribution in [0.4, 0.5) is 0 Å². The molecule has 11 nitrogen and oxygen atoms in total. The summed E-state index contributed by atoms with van der Waals surface area (Å²) in [5.41, 5.74) is 1.98. The summed E-state index contributed by atoms with van der Waals surface area (Å²) in [6.07, 6.45) is 16.8. The molecule has 2 N–H and O–H groups in total. The van der Waals surface area contributed by atoms with E-state index in [1.165, 1.54) is 112 Å². The van der Waals surface area contributed by atoms with E-state index in [1.54, 1.807) is 17.7 Å². The molecule has 0 unspecified atom stereocenters. The molecule has 0 aliphatic heterocycles. The Morgan fingerprint density at radius 2 is 1.23 bits per heavy atom. The Morgan fingerprint density at radius 3 is 1.81 bits per heavy atom. The molecule has 53 heavy (non-hydrogen) atoms. The second-order valence-electron chi connectivity index (χ2n) is 13.6. The van der Waals surface area contributed by atoms with E-state index < -0.39 is 30.2 Å². The third-order valence-electron chi connectivity index (χ3n) is 9.54. The molecule has 0 spiro atoms. The second kappa shape index (κ2) is 19.7. The smallest absolute Gasteiger partial charge is 0.294 e. The highest BCUT2D eigenvalue weighted by atomic mass is 32.2. The van der Waals surface area contributed by atoms with Gasteiger partial charge in [0.15, 0.2) is 0 Å². The second-order valence-corrected chi connectivity index (χ2v) is 18.7. The third kappa shape index (κ3) is 12.0. The molecule has 0 fully saturated rings. The van der Waals surface area contributed by atoms with Gasteiger partial charge in [0.1, 0.15) is 0 Å². The molecule has 0 atom stereocenters. The number of unbranched alkanes of at least 4 members (excludes halogenated alkanes) is 13. The Labute approximate surface area is 316 Å². The molecule has 0 aliphatic rings. The zero-order chi connectivity index (χ0) is 38.5. The van der Waals surface area contributed by atoms with Crippen molar-refractivity contribution in [3.63, 3.8) is 0 Å². The van der Waals surface area contributed by atoms with E-state index in [2.05, 4.69) is 16.9 Å². The molecule has 3 aromatic carbocycles. The minimum atomic E-state index is -4.57. The number of hydrogen-bond donors (Lipinski definition) is 2. The Hall–Kier alpha value is -3.56. The minimum absolute atomic E-state index is 0.0858.